The normalized spacial score (nSPS) is 12.2. The summed E-state index contributed by atoms with van der Waals surface area (Å²) in [6, 6.07) is 20.6. The van der Waals surface area contributed by atoms with E-state index in [1.54, 1.807) is 43.3 Å². The molecule has 2 amide bonds. The van der Waals surface area contributed by atoms with Crippen LogP contribution in [0.2, 0.25) is 0 Å². The maximum Gasteiger partial charge on any atom is 0.264 e. The molecule has 0 aliphatic heterocycles. The number of benzene rings is 3. The third kappa shape index (κ3) is 7.47. The molecular weight excluding hydrogens is 510 g/mol. The lowest BCUT2D eigenvalue weighted by atomic mass is 10.1. The molecule has 0 bridgehead atoms. The van der Waals surface area contributed by atoms with Crippen LogP contribution in [0, 0.1) is 13.8 Å². The third-order valence-corrected chi connectivity index (χ3v) is 8.34. The van der Waals surface area contributed by atoms with Gasteiger partial charge < -0.3 is 10.2 Å². The van der Waals surface area contributed by atoms with Gasteiger partial charge in [-0.1, -0.05) is 72.6 Å². The minimum Gasteiger partial charge on any atom is -0.352 e. The van der Waals surface area contributed by atoms with Crippen molar-refractivity contribution in [3.05, 3.63) is 95.1 Å². The van der Waals surface area contributed by atoms with E-state index in [1.807, 2.05) is 71.0 Å². The number of hydrogen-bond acceptors (Lipinski definition) is 4. The van der Waals surface area contributed by atoms with Gasteiger partial charge in [0.1, 0.15) is 12.6 Å². The zero-order chi connectivity index (χ0) is 28.7. The molecule has 0 radical (unpaired) electrons. The van der Waals surface area contributed by atoms with Crippen LogP contribution in [-0.4, -0.2) is 43.8 Å². The topological polar surface area (TPSA) is 86.8 Å². The van der Waals surface area contributed by atoms with Crippen molar-refractivity contribution in [2.24, 2.45) is 0 Å². The van der Waals surface area contributed by atoms with E-state index < -0.39 is 28.5 Å². The minimum atomic E-state index is -4.09. The predicted molar refractivity (Wildman–Crippen MR) is 156 cm³/mol. The smallest absolute Gasteiger partial charge is 0.264 e. The third-order valence-electron chi connectivity index (χ3n) is 6.56. The van der Waals surface area contributed by atoms with Crippen molar-refractivity contribution < 1.29 is 18.0 Å². The molecule has 3 rings (SSSR count). The number of aryl methyl sites for hydroxylation is 3. The number of amides is 2. The fraction of sp³-hybridized carbons (Fsp3) is 0.355. The van der Waals surface area contributed by atoms with Gasteiger partial charge in [0, 0.05) is 12.6 Å². The molecule has 0 aromatic heterocycles. The summed E-state index contributed by atoms with van der Waals surface area (Å²) >= 11 is 0. The molecule has 8 heteroatoms. The zero-order valence-electron chi connectivity index (χ0n) is 23.6. The Morgan fingerprint density at radius 2 is 1.54 bits per heavy atom. The van der Waals surface area contributed by atoms with E-state index >= 15 is 0 Å². The van der Waals surface area contributed by atoms with Crippen LogP contribution in [-0.2, 0) is 32.6 Å². The van der Waals surface area contributed by atoms with Gasteiger partial charge in [-0.2, -0.15) is 0 Å². The molecule has 0 heterocycles. The number of sulfonamides is 1. The number of anilines is 1. The fourth-order valence-electron chi connectivity index (χ4n) is 4.40. The lowest BCUT2D eigenvalue weighted by Crippen LogP contribution is -2.52. The van der Waals surface area contributed by atoms with E-state index in [0.29, 0.717) is 12.1 Å². The first-order valence-electron chi connectivity index (χ1n) is 13.3. The number of rotatable bonds is 11. The Hall–Kier alpha value is -3.65. The number of carbonyl (C=O) groups is 2. The van der Waals surface area contributed by atoms with Gasteiger partial charge >= 0.3 is 0 Å². The minimum absolute atomic E-state index is 0.0997. The maximum atomic E-state index is 14.0. The Kier molecular flexibility index (Phi) is 9.92. The molecule has 7 nitrogen and oxygen atoms in total. The van der Waals surface area contributed by atoms with Gasteiger partial charge in [0.15, 0.2) is 0 Å². The van der Waals surface area contributed by atoms with E-state index in [9.17, 15) is 18.0 Å². The Labute approximate surface area is 232 Å². The summed E-state index contributed by atoms with van der Waals surface area (Å²) in [5.41, 5.74) is 4.06. The summed E-state index contributed by atoms with van der Waals surface area (Å²) in [5.74, 6) is -0.766. The van der Waals surface area contributed by atoms with Crippen LogP contribution in [0.3, 0.4) is 0 Å². The molecule has 3 aromatic carbocycles. The molecule has 0 aliphatic rings. The standard InChI is InChI=1S/C31H39N3O4S/c1-7-27-13-8-9-14-29(27)34(39(37,38)28-17-15-23(4)16-18-28)21-30(35)33(25(6)31(36)32-22(2)3)20-26-12-10-11-24(5)19-26/h8-19,22,25H,7,20-21H2,1-6H3,(H,32,36). The Morgan fingerprint density at radius 3 is 2.15 bits per heavy atom. The van der Waals surface area contributed by atoms with E-state index in [0.717, 1.165) is 22.3 Å². The lowest BCUT2D eigenvalue weighted by Gasteiger charge is -2.33. The van der Waals surface area contributed by atoms with Crippen LogP contribution in [0.25, 0.3) is 0 Å². The average molecular weight is 550 g/mol. The van der Waals surface area contributed by atoms with Crippen molar-refractivity contribution in [3.63, 3.8) is 0 Å². The van der Waals surface area contributed by atoms with Gasteiger partial charge in [-0.05, 0) is 70.4 Å². The van der Waals surface area contributed by atoms with Crippen molar-refractivity contribution in [3.8, 4) is 0 Å². The molecule has 208 valence electrons. The first-order chi connectivity index (χ1) is 18.4. The highest BCUT2D eigenvalue weighted by atomic mass is 32.2. The second-order valence-electron chi connectivity index (χ2n) is 10.2. The number of carbonyl (C=O) groups excluding carboxylic acids is 2. The number of nitrogens with one attached hydrogen (secondary N) is 1. The predicted octanol–water partition coefficient (Wildman–Crippen LogP) is 5.00. The first kappa shape index (κ1) is 29.9. The highest BCUT2D eigenvalue weighted by molar-refractivity contribution is 7.92. The van der Waals surface area contributed by atoms with Gasteiger partial charge in [0.05, 0.1) is 10.6 Å². The van der Waals surface area contributed by atoms with Crippen LogP contribution in [0.5, 0.6) is 0 Å². The van der Waals surface area contributed by atoms with Gasteiger partial charge in [0.2, 0.25) is 11.8 Å². The van der Waals surface area contributed by atoms with Crippen molar-refractivity contribution in [1.82, 2.24) is 10.2 Å². The first-order valence-corrected chi connectivity index (χ1v) is 14.7. The molecule has 3 aromatic rings. The van der Waals surface area contributed by atoms with E-state index in [2.05, 4.69) is 5.32 Å². The summed E-state index contributed by atoms with van der Waals surface area (Å²) in [6.45, 7) is 10.9. The summed E-state index contributed by atoms with van der Waals surface area (Å²) < 4.78 is 29.2. The fourth-order valence-corrected chi connectivity index (χ4v) is 5.85. The summed E-state index contributed by atoms with van der Waals surface area (Å²) in [6.07, 6.45) is 0.588. The van der Waals surface area contributed by atoms with Crippen LogP contribution in [0.1, 0.15) is 49.9 Å². The second kappa shape index (κ2) is 12.9. The van der Waals surface area contributed by atoms with E-state index in [1.165, 1.54) is 9.21 Å². The number of nitrogens with zero attached hydrogens (tertiary/aromatic N) is 2. The lowest BCUT2D eigenvalue weighted by molar-refractivity contribution is -0.139. The monoisotopic (exact) mass is 549 g/mol. The SMILES string of the molecule is CCc1ccccc1N(CC(=O)N(Cc1cccc(C)c1)C(C)C(=O)NC(C)C)S(=O)(=O)c1ccc(C)cc1. The Balaban J connectivity index is 2.07. The van der Waals surface area contributed by atoms with Crippen molar-refractivity contribution in [1.29, 1.82) is 0 Å². The molecule has 0 saturated heterocycles. The Bertz CT molecular complexity index is 1400. The highest BCUT2D eigenvalue weighted by Crippen LogP contribution is 2.28. The summed E-state index contributed by atoms with van der Waals surface area (Å²) in [5, 5.41) is 2.87. The molecule has 0 aliphatic carbocycles. The molecule has 0 spiro atoms. The van der Waals surface area contributed by atoms with Gasteiger partial charge in [0.25, 0.3) is 10.0 Å². The van der Waals surface area contributed by atoms with Crippen molar-refractivity contribution in [2.45, 2.75) is 71.5 Å². The molecule has 39 heavy (non-hydrogen) atoms. The number of para-hydroxylation sites is 1. The molecule has 0 fully saturated rings. The molecule has 1 atom stereocenters. The van der Waals surface area contributed by atoms with Gasteiger partial charge in [-0.25, -0.2) is 8.42 Å². The zero-order valence-corrected chi connectivity index (χ0v) is 24.5. The molecular formula is C31H39N3O4S. The largest absolute Gasteiger partial charge is 0.352 e. The van der Waals surface area contributed by atoms with E-state index in [4.69, 9.17) is 0 Å². The molecule has 1 N–H and O–H groups in total. The molecule has 0 saturated carbocycles. The van der Waals surface area contributed by atoms with Crippen LogP contribution < -0.4 is 9.62 Å². The Morgan fingerprint density at radius 1 is 0.872 bits per heavy atom. The second-order valence-corrected chi connectivity index (χ2v) is 12.0. The van der Waals surface area contributed by atoms with Crippen molar-refractivity contribution in [2.75, 3.05) is 10.8 Å². The quantitative estimate of drug-likeness (QED) is 0.365. The summed E-state index contributed by atoms with van der Waals surface area (Å²) in [4.78, 5) is 28.6. The van der Waals surface area contributed by atoms with Gasteiger partial charge in [-0.3, -0.25) is 13.9 Å². The van der Waals surface area contributed by atoms with Crippen molar-refractivity contribution >= 4 is 27.5 Å². The molecule has 1 unspecified atom stereocenters. The van der Waals surface area contributed by atoms with Crippen LogP contribution >= 0.6 is 0 Å². The summed E-state index contributed by atoms with van der Waals surface area (Å²) in [7, 11) is -4.09. The van der Waals surface area contributed by atoms with Gasteiger partial charge in [-0.15, -0.1) is 0 Å². The van der Waals surface area contributed by atoms with Crippen LogP contribution in [0.4, 0.5) is 5.69 Å². The number of hydrogen-bond donors (Lipinski definition) is 1. The average Bonchev–Trinajstić information content (AvgIpc) is 2.89. The highest BCUT2D eigenvalue weighted by Gasteiger charge is 2.33. The van der Waals surface area contributed by atoms with E-state index in [-0.39, 0.29) is 23.4 Å². The maximum absolute atomic E-state index is 14.0. The van der Waals surface area contributed by atoms with Crippen LogP contribution in [0.15, 0.2) is 77.7 Å².